The Hall–Kier alpha value is -6.90. The summed E-state index contributed by atoms with van der Waals surface area (Å²) in [6.07, 6.45) is 0. The minimum Gasteiger partial charge on any atom is -0.310 e. The molecule has 2 nitrogen and oxygen atoms in total. The van der Waals surface area contributed by atoms with Crippen LogP contribution in [0.2, 0.25) is 0 Å². The molecule has 0 atom stereocenters. The van der Waals surface area contributed by atoms with E-state index in [-0.39, 0.29) is 0 Å². The molecule has 2 heteroatoms. The average Bonchev–Trinajstić information content (AvgIpc) is 3.24. The van der Waals surface area contributed by atoms with Crippen molar-refractivity contribution in [3.63, 3.8) is 0 Å². The lowest BCUT2D eigenvalue weighted by atomic mass is 9.91. The molecule has 0 N–H and O–H groups in total. The molecule has 0 fully saturated rings. The summed E-state index contributed by atoms with van der Waals surface area (Å²) in [5.74, 6) is 0. The summed E-state index contributed by atoms with van der Waals surface area (Å²) in [6, 6.07) is 67.0. The van der Waals surface area contributed by atoms with Crippen LogP contribution in [0.3, 0.4) is 0 Å². The third-order valence-electron chi connectivity index (χ3n) is 11.6. The van der Waals surface area contributed by atoms with Crippen molar-refractivity contribution in [2.24, 2.45) is 0 Å². The molecule has 0 saturated heterocycles. The van der Waals surface area contributed by atoms with Crippen LogP contribution in [-0.2, 0) is 0 Å². The number of hydrogen-bond donors (Lipinski definition) is 0. The molecule has 58 heavy (non-hydrogen) atoms. The quantitative estimate of drug-likeness (QED) is 0.153. The number of aryl methyl sites for hydroxylation is 6. The molecule has 0 amide bonds. The van der Waals surface area contributed by atoms with Crippen LogP contribution in [0.1, 0.15) is 33.4 Å². The molecule has 0 unspecified atom stereocenters. The van der Waals surface area contributed by atoms with Gasteiger partial charge in [0, 0.05) is 34.1 Å². The molecule has 0 aromatic heterocycles. The van der Waals surface area contributed by atoms with Gasteiger partial charge in [-0.15, -0.1) is 0 Å². The Bertz CT molecular complexity index is 2750. The van der Waals surface area contributed by atoms with E-state index in [0.29, 0.717) is 0 Å². The first-order valence-corrected chi connectivity index (χ1v) is 20.2. The van der Waals surface area contributed by atoms with Crippen molar-refractivity contribution in [3.05, 3.63) is 215 Å². The molecular formula is C56H48N2. The lowest BCUT2D eigenvalue weighted by molar-refractivity contribution is 1.24. The van der Waals surface area contributed by atoms with E-state index in [0.717, 1.165) is 22.7 Å². The van der Waals surface area contributed by atoms with Gasteiger partial charge in [-0.3, -0.25) is 0 Å². The molecule has 9 aromatic carbocycles. The second-order valence-corrected chi connectivity index (χ2v) is 15.9. The van der Waals surface area contributed by atoms with Crippen molar-refractivity contribution in [2.45, 2.75) is 41.5 Å². The van der Waals surface area contributed by atoms with Crippen molar-refractivity contribution in [1.29, 1.82) is 0 Å². The zero-order valence-corrected chi connectivity index (χ0v) is 34.2. The molecule has 9 rings (SSSR count). The van der Waals surface area contributed by atoms with Crippen LogP contribution < -0.4 is 9.80 Å². The summed E-state index contributed by atoms with van der Waals surface area (Å²) in [5.41, 5.74) is 19.4. The fourth-order valence-corrected chi connectivity index (χ4v) is 8.62. The zero-order valence-electron chi connectivity index (χ0n) is 34.2. The molecule has 0 aliphatic rings. The topological polar surface area (TPSA) is 6.48 Å². The molecule has 0 aliphatic heterocycles. The highest BCUT2D eigenvalue weighted by Crippen LogP contribution is 2.42. The maximum absolute atomic E-state index is 2.39. The third-order valence-corrected chi connectivity index (χ3v) is 11.6. The molecule has 0 heterocycles. The van der Waals surface area contributed by atoms with Gasteiger partial charge in [0.25, 0.3) is 0 Å². The lowest BCUT2D eigenvalue weighted by Gasteiger charge is -2.28. The predicted octanol–water partition coefficient (Wildman–Crippen LogP) is 16.1. The Labute approximate surface area is 343 Å². The highest BCUT2D eigenvalue weighted by Gasteiger charge is 2.18. The smallest absolute Gasteiger partial charge is 0.0490 e. The molecular weight excluding hydrogens is 701 g/mol. The maximum atomic E-state index is 2.39. The number of rotatable bonds is 8. The first-order chi connectivity index (χ1) is 28.2. The van der Waals surface area contributed by atoms with E-state index in [1.807, 2.05) is 0 Å². The zero-order chi connectivity index (χ0) is 39.9. The van der Waals surface area contributed by atoms with Gasteiger partial charge < -0.3 is 9.80 Å². The van der Waals surface area contributed by atoms with Gasteiger partial charge in [0.05, 0.1) is 0 Å². The number of benzene rings is 9. The highest BCUT2D eigenvalue weighted by molar-refractivity contribution is 5.92. The van der Waals surface area contributed by atoms with Crippen molar-refractivity contribution in [3.8, 4) is 22.3 Å². The van der Waals surface area contributed by atoms with E-state index in [4.69, 9.17) is 0 Å². The minimum absolute atomic E-state index is 1.13. The Kier molecular flexibility index (Phi) is 9.63. The van der Waals surface area contributed by atoms with E-state index < -0.39 is 0 Å². The van der Waals surface area contributed by atoms with Crippen LogP contribution >= 0.6 is 0 Å². The summed E-state index contributed by atoms with van der Waals surface area (Å²) in [4.78, 5) is 4.77. The summed E-state index contributed by atoms with van der Waals surface area (Å²) < 4.78 is 0. The third kappa shape index (κ3) is 7.03. The molecule has 0 aliphatic carbocycles. The first-order valence-electron chi connectivity index (χ1n) is 20.2. The van der Waals surface area contributed by atoms with E-state index in [1.54, 1.807) is 0 Å². The fourth-order valence-electron chi connectivity index (χ4n) is 8.62. The lowest BCUT2D eigenvalue weighted by Crippen LogP contribution is -2.11. The molecule has 282 valence electrons. The number of anilines is 6. The second-order valence-electron chi connectivity index (χ2n) is 15.9. The molecule has 0 bridgehead atoms. The van der Waals surface area contributed by atoms with Crippen LogP contribution in [0, 0.1) is 41.5 Å². The fraction of sp³-hybridized carbons (Fsp3) is 0.107. The minimum atomic E-state index is 1.13. The van der Waals surface area contributed by atoms with Gasteiger partial charge in [-0.25, -0.2) is 0 Å². The van der Waals surface area contributed by atoms with Crippen LogP contribution in [0.15, 0.2) is 182 Å². The van der Waals surface area contributed by atoms with Gasteiger partial charge >= 0.3 is 0 Å². The van der Waals surface area contributed by atoms with Crippen molar-refractivity contribution in [1.82, 2.24) is 0 Å². The van der Waals surface area contributed by atoms with Crippen molar-refractivity contribution < 1.29 is 0 Å². The van der Waals surface area contributed by atoms with Crippen LogP contribution in [0.4, 0.5) is 34.1 Å². The van der Waals surface area contributed by atoms with Gasteiger partial charge in [-0.05, 0) is 168 Å². The summed E-state index contributed by atoms with van der Waals surface area (Å²) >= 11 is 0. The maximum Gasteiger partial charge on any atom is 0.0490 e. The Balaban J connectivity index is 1.04. The first kappa shape index (κ1) is 36.7. The predicted molar refractivity (Wildman–Crippen MR) is 250 cm³/mol. The van der Waals surface area contributed by atoms with Crippen LogP contribution in [0.25, 0.3) is 43.8 Å². The van der Waals surface area contributed by atoms with E-state index in [2.05, 4.69) is 233 Å². The second kappa shape index (κ2) is 15.2. The van der Waals surface area contributed by atoms with Gasteiger partial charge in [-0.2, -0.15) is 0 Å². The van der Waals surface area contributed by atoms with Gasteiger partial charge in [0.15, 0.2) is 0 Å². The largest absolute Gasteiger partial charge is 0.310 e. The Morgan fingerprint density at radius 2 is 0.638 bits per heavy atom. The van der Waals surface area contributed by atoms with Gasteiger partial charge in [0.1, 0.15) is 0 Å². The normalized spacial score (nSPS) is 11.3. The summed E-state index contributed by atoms with van der Waals surface area (Å²) in [5, 5.41) is 4.95. The summed E-state index contributed by atoms with van der Waals surface area (Å²) in [6.45, 7) is 13.2. The van der Waals surface area contributed by atoms with Gasteiger partial charge in [0.2, 0.25) is 0 Å². The molecule has 0 saturated carbocycles. The number of hydrogen-bond acceptors (Lipinski definition) is 2. The monoisotopic (exact) mass is 748 g/mol. The van der Waals surface area contributed by atoms with Crippen LogP contribution in [0.5, 0.6) is 0 Å². The standard InChI is InChI=1S/C56H48N2/c1-37-15-29-55(41(5)31-37)57(51-27-17-43-11-7-9-13-47(43)35-51)49-23-19-45(20-24-49)53-33-40(4)54(34-39(53)3)46-21-25-50(26-22-46)58(56-30-16-38(2)32-42(56)6)52-28-18-44-12-8-10-14-48(44)36-52/h7-36H,1-6H3. The van der Waals surface area contributed by atoms with Gasteiger partial charge in [-0.1, -0.05) is 132 Å². The molecule has 9 aromatic rings. The number of fused-ring (bicyclic) bond motifs is 2. The van der Waals surface area contributed by atoms with E-state index in [9.17, 15) is 0 Å². The highest BCUT2D eigenvalue weighted by atomic mass is 15.1. The SMILES string of the molecule is Cc1ccc(N(c2ccc(-c3cc(C)c(-c4ccc(N(c5ccc6ccccc6c5)c5ccc(C)cc5C)cc4)cc3C)cc2)c2ccc3ccccc3c2)c(C)c1. The van der Waals surface area contributed by atoms with Crippen LogP contribution in [-0.4, -0.2) is 0 Å². The van der Waals surface area contributed by atoms with E-state index in [1.165, 1.54) is 88.6 Å². The van der Waals surface area contributed by atoms with Crippen molar-refractivity contribution >= 4 is 55.7 Å². The number of nitrogens with zero attached hydrogens (tertiary/aromatic N) is 2. The molecule has 0 spiro atoms. The van der Waals surface area contributed by atoms with E-state index >= 15 is 0 Å². The summed E-state index contributed by atoms with van der Waals surface area (Å²) in [7, 11) is 0. The average molecular weight is 749 g/mol. The molecule has 0 radical (unpaired) electrons. The Morgan fingerprint density at radius 3 is 1.02 bits per heavy atom. The Morgan fingerprint density at radius 1 is 0.276 bits per heavy atom. The van der Waals surface area contributed by atoms with Crippen molar-refractivity contribution in [2.75, 3.05) is 9.80 Å².